The van der Waals surface area contributed by atoms with Gasteiger partial charge in [0.05, 0.1) is 6.10 Å². The number of hydrogen-bond donors (Lipinski definition) is 1. The number of nitrogens with one attached hydrogen (secondary N) is 1. The van der Waals surface area contributed by atoms with Crippen molar-refractivity contribution in [2.45, 2.75) is 83.9 Å². The van der Waals surface area contributed by atoms with Crippen molar-refractivity contribution in [3.05, 3.63) is 0 Å². The summed E-state index contributed by atoms with van der Waals surface area (Å²) in [4.78, 5) is 2.75. The zero-order valence-electron chi connectivity index (χ0n) is 14.4. The smallest absolute Gasteiger partial charge is 0.0702 e. The van der Waals surface area contributed by atoms with Crippen LogP contribution in [0.15, 0.2) is 0 Å². The molecule has 0 aromatic carbocycles. The third-order valence-corrected chi connectivity index (χ3v) is 5.44. The fourth-order valence-electron chi connectivity index (χ4n) is 4.21. The summed E-state index contributed by atoms with van der Waals surface area (Å²) in [7, 11) is 0. The van der Waals surface area contributed by atoms with E-state index in [2.05, 4.69) is 31.0 Å². The number of nitrogens with zero attached hydrogens (tertiary/aromatic N) is 1. The van der Waals surface area contributed by atoms with Gasteiger partial charge in [-0.3, -0.25) is 4.90 Å². The molecule has 4 unspecified atom stereocenters. The Labute approximate surface area is 131 Å². The molecule has 0 aromatic heterocycles. The van der Waals surface area contributed by atoms with Gasteiger partial charge in [0.2, 0.25) is 0 Å². The van der Waals surface area contributed by atoms with E-state index in [1.807, 2.05) is 0 Å². The van der Waals surface area contributed by atoms with Crippen LogP contribution in [0.4, 0.5) is 0 Å². The van der Waals surface area contributed by atoms with Gasteiger partial charge in [0.25, 0.3) is 0 Å². The largest absolute Gasteiger partial charge is 0.377 e. The SMILES string of the molecule is CCCNC1CCC(CC)CC1N1CCCC(OCC)C1. The molecule has 0 spiro atoms. The van der Waals surface area contributed by atoms with Gasteiger partial charge in [-0.25, -0.2) is 0 Å². The van der Waals surface area contributed by atoms with E-state index in [0.717, 1.165) is 25.1 Å². The van der Waals surface area contributed by atoms with Crippen LogP contribution in [0.25, 0.3) is 0 Å². The highest BCUT2D eigenvalue weighted by atomic mass is 16.5. The molecule has 1 saturated carbocycles. The molecule has 1 heterocycles. The summed E-state index contributed by atoms with van der Waals surface area (Å²) < 4.78 is 5.91. The zero-order valence-corrected chi connectivity index (χ0v) is 14.4. The first kappa shape index (κ1) is 17.2. The molecule has 0 aromatic rings. The molecule has 1 N–H and O–H groups in total. The number of hydrogen-bond acceptors (Lipinski definition) is 3. The molecule has 2 fully saturated rings. The molecule has 2 rings (SSSR count). The Hall–Kier alpha value is -0.120. The number of piperidine rings is 1. The van der Waals surface area contributed by atoms with Crippen LogP contribution in [0.3, 0.4) is 0 Å². The van der Waals surface area contributed by atoms with Gasteiger partial charge >= 0.3 is 0 Å². The molecular formula is C18H36N2O. The number of likely N-dealkylation sites (tertiary alicyclic amines) is 1. The first-order chi connectivity index (χ1) is 10.3. The molecule has 21 heavy (non-hydrogen) atoms. The summed E-state index contributed by atoms with van der Waals surface area (Å²) in [6.07, 6.45) is 9.77. The summed E-state index contributed by atoms with van der Waals surface area (Å²) in [6.45, 7) is 11.2. The highest BCUT2D eigenvalue weighted by Gasteiger charge is 2.35. The second-order valence-corrected chi connectivity index (χ2v) is 6.93. The van der Waals surface area contributed by atoms with Crippen molar-refractivity contribution < 1.29 is 4.74 Å². The van der Waals surface area contributed by atoms with Crippen LogP contribution in [0.2, 0.25) is 0 Å². The van der Waals surface area contributed by atoms with Gasteiger partial charge < -0.3 is 10.1 Å². The predicted octanol–water partition coefficient (Wildman–Crippen LogP) is 3.43. The van der Waals surface area contributed by atoms with Crippen molar-refractivity contribution in [3.8, 4) is 0 Å². The standard InChI is InChI=1S/C18H36N2O/c1-4-11-19-17-10-9-15(5-2)13-18(17)20-12-7-8-16(14-20)21-6-3/h15-19H,4-14H2,1-3H3. The zero-order chi connectivity index (χ0) is 15.1. The highest BCUT2D eigenvalue weighted by Crippen LogP contribution is 2.32. The monoisotopic (exact) mass is 296 g/mol. The predicted molar refractivity (Wildman–Crippen MR) is 89.7 cm³/mol. The van der Waals surface area contributed by atoms with Crippen LogP contribution in [0.5, 0.6) is 0 Å². The van der Waals surface area contributed by atoms with Crippen LogP contribution in [0.1, 0.15) is 65.7 Å². The highest BCUT2D eigenvalue weighted by molar-refractivity contribution is 4.93. The molecule has 2 aliphatic rings. The molecule has 0 amide bonds. The summed E-state index contributed by atoms with van der Waals surface area (Å²) in [5.41, 5.74) is 0. The Balaban J connectivity index is 1.96. The van der Waals surface area contributed by atoms with E-state index in [1.54, 1.807) is 0 Å². The number of rotatable bonds is 7. The minimum atomic E-state index is 0.470. The van der Waals surface area contributed by atoms with Crippen molar-refractivity contribution >= 4 is 0 Å². The molecule has 3 heteroatoms. The Morgan fingerprint density at radius 3 is 2.71 bits per heavy atom. The maximum atomic E-state index is 5.91. The lowest BCUT2D eigenvalue weighted by Crippen LogP contribution is -2.56. The molecule has 0 radical (unpaired) electrons. The lowest BCUT2D eigenvalue weighted by Gasteiger charge is -2.46. The average molecular weight is 296 g/mol. The lowest BCUT2D eigenvalue weighted by molar-refractivity contribution is -0.0227. The quantitative estimate of drug-likeness (QED) is 0.779. The van der Waals surface area contributed by atoms with E-state index in [4.69, 9.17) is 4.74 Å². The Morgan fingerprint density at radius 2 is 2.00 bits per heavy atom. The normalized spacial score (nSPS) is 35.0. The fourth-order valence-corrected chi connectivity index (χ4v) is 4.21. The lowest BCUT2D eigenvalue weighted by atomic mass is 9.79. The minimum absolute atomic E-state index is 0.470. The van der Waals surface area contributed by atoms with Gasteiger partial charge in [0, 0.05) is 25.2 Å². The van der Waals surface area contributed by atoms with Crippen molar-refractivity contribution in [1.82, 2.24) is 10.2 Å². The van der Waals surface area contributed by atoms with E-state index in [-0.39, 0.29) is 0 Å². The average Bonchev–Trinajstić information content (AvgIpc) is 2.53. The van der Waals surface area contributed by atoms with Gasteiger partial charge in [-0.1, -0.05) is 20.3 Å². The van der Waals surface area contributed by atoms with Crippen molar-refractivity contribution in [1.29, 1.82) is 0 Å². The second-order valence-electron chi connectivity index (χ2n) is 6.93. The third-order valence-electron chi connectivity index (χ3n) is 5.44. The van der Waals surface area contributed by atoms with Crippen molar-refractivity contribution in [3.63, 3.8) is 0 Å². The van der Waals surface area contributed by atoms with Crippen LogP contribution in [-0.2, 0) is 4.74 Å². The first-order valence-corrected chi connectivity index (χ1v) is 9.37. The van der Waals surface area contributed by atoms with Gasteiger partial charge in [-0.05, 0) is 64.5 Å². The molecule has 1 aliphatic carbocycles. The second kappa shape index (κ2) is 9.12. The van der Waals surface area contributed by atoms with Crippen LogP contribution in [0, 0.1) is 5.92 Å². The summed E-state index contributed by atoms with van der Waals surface area (Å²) >= 11 is 0. The van der Waals surface area contributed by atoms with Gasteiger partial charge in [-0.2, -0.15) is 0 Å². The van der Waals surface area contributed by atoms with E-state index in [0.29, 0.717) is 12.1 Å². The summed E-state index contributed by atoms with van der Waals surface area (Å²) in [5, 5.41) is 3.83. The number of ether oxygens (including phenoxy) is 1. The van der Waals surface area contributed by atoms with Crippen LogP contribution >= 0.6 is 0 Å². The van der Waals surface area contributed by atoms with Gasteiger partial charge in [-0.15, -0.1) is 0 Å². The van der Waals surface area contributed by atoms with Crippen LogP contribution in [-0.4, -0.2) is 49.3 Å². The van der Waals surface area contributed by atoms with E-state index in [1.165, 1.54) is 58.0 Å². The fraction of sp³-hybridized carbons (Fsp3) is 1.00. The summed E-state index contributed by atoms with van der Waals surface area (Å²) in [5.74, 6) is 0.933. The molecule has 4 atom stereocenters. The van der Waals surface area contributed by atoms with Crippen molar-refractivity contribution in [2.24, 2.45) is 5.92 Å². The molecule has 124 valence electrons. The van der Waals surface area contributed by atoms with E-state index < -0.39 is 0 Å². The van der Waals surface area contributed by atoms with Gasteiger partial charge in [0.15, 0.2) is 0 Å². The molecule has 3 nitrogen and oxygen atoms in total. The molecule has 1 saturated heterocycles. The Bertz CT molecular complexity index is 282. The van der Waals surface area contributed by atoms with E-state index >= 15 is 0 Å². The van der Waals surface area contributed by atoms with Crippen LogP contribution < -0.4 is 5.32 Å². The molecule has 1 aliphatic heterocycles. The minimum Gasteiger partial charge on any atom is -0.377 e. The summed E-state index contributed by atoms with van der Waals surface area (Å²) in [6, 6.07) is 1.44. The topological polar surface area (TPSA) is 24.5 Å². The maximum Gasteiger partial charge on any atom is 0.0702 e. The van der Waals surface area contributed by atoms with Gasteiger partial charge in [0.1, 0.15) is 0 Å². The Morgan fingerprint density at radius 1 is 1.14 bits per heavy atom. The maximum absolute atomic E-state index is 5.91. The van der Waals surface area contributed by atoms with E-state index in [9.17, 15) is 0 Å². The first-order valence-electron chi connectivity index (χ1n) is 9.37. The van der Waals surface area contributed by atoms with Crippen molar-refractivity contribution in [2.75, 3.05) is 26.2 Å². The third kappa shape index (κ3) is 4.94. The molecule has 0 bridgehead atoms. The Kier molecular flexibility index (Phi) is 7.48. The molecular weight excluding hydrogens is 260 g/mol.